The Morgan fingerprint density at radius 3 is 2.23 bits per heavy atom. The summed E-state index contributed by atoms with van der Waals surface area (Å²) >= 11 is 11.4. The maximum atomic E-state index is 8.22. The number of benzene rings is 2. The van der Waals surface area contributed by atoms with E-state index >= 15 is 0 Å². The van der Waals surface area contributed by atoms with Gasteiger partial charge in [0, 0.05) is 26.3 Å². The molecule has 2 aromatic carbocycles. The average molecular weight is 527 g/mol. The molecular weight excluding hydrogens is 496 g/mol. The Labute approximate surface area is 203 Å². The van der Waals surface area contributed by atoms with Crippen molar-refractivity contribution in [1.82, 2.24) is 5.32 Å². The van der Waals surface area contributed by atoms with E-state index in [-0.39, 0.29) is 4.75 Å². The fourth-order valence-corrected chi connectivity index (χ4v) is 2.86. The normalized spacial score (nSPS) is 11.1. The summed E-state index contributed by atoms with van der Waals surface area (Å²) in [6.07, 6.45) is 4.28. The van der Waals surface area contributed by atoms with Gasteiger partial charge < -0.3 is 40.8 Å². The average Bonchev–Trinajstić information content (AvgIpc) is 2.73. The molecule has 0 aromatic heterocycles. The van der Waals surface area contributed by atoms with Crippen molar-refractivity contribution >= 4 is 48.8 Å². The van der Waals surface area contributed by atoms with E-state index in [0.29, 0.717) is 12.3 Å². The molecule has 2 aromatic rings. The van der Waals surface area contributed by atoms with Crippen molar-refractivity contribution in [3.63, 3.8) is 0 Å². The molecule has 0 amide bonds. The third kappa shape index (κ3) is 10.3. The zero-order chi connectivity index (χ0) is 22.6. The van der Waals surface area contributed by atoms with Gasteiger partial charge in [0.2, 0.25) is 0 Å². The predicted molar refractivity (Wildman–Crippen MR) is 130 cm³/mol. The Morgan fingerprint density at radius 1 is 1.07 bits per heavy atom. The first kappa shape index (κ1) is 26.9. The number of nitrogens with zero attached hydrogens (tertiary/aromatic N) is 2. The van der Waals surface area contributed by atoms with Gasteiger partial charge in [-0.3, -0.25) is 0 Å². The molecule has 0 saturated heterocycles. The van der Waals surface area contributed by atoms with Gasteiger partial charge in [-0.05, 0) is 35.4 Å². The molecule has 2 rings (SSSR count). The molecule has 7 heteroatoms. The summed E-state index contributed by atoms with van der Waals surface area (Å²) in [5, 5.41) is 8.13. The monoisotopic (exact) mass is 525 g/mol. The van der Waals surface area contributed by atoms with Gasteiger partial charge in [0.1, 0.15) is 0 Å². The van der Waals surface area contributed by atoms with Gasteiger partial charge in [0.05, 0.1) is 0 Å². The Balaban J connectivity index is 0.00000218. The van der Waals surface area contributed by atoms with E-state index in [4.69, 9.17) is 34.1 Å². The van der Waals surface area contributed by atoms with Crippen LogP contribution >= 0.6 is 0 Å². The standard InChI is InChI=1S/C23H32N3S2.O.Tc/c1-23(2,28)17-25-22-12-9-19(15-20(22)16-24-13-14-27)6-5-18-7-10-21(11-8-18)26(3)4;;/h5-12,15,24,27-28H,13-14,16-17H2,1-4H3;;/q-1;;+3/p-2/b6-5+;;. The summed E-state index contributed by atoms with van der Waals surface area (Å²) in [5.41, 5.74) is 5.71. The first-order chi connectivity index (χ1) is 14.3. The van der Waals surface area contributed by atoms with Crippen molar-refractivity contribution in [2.75, 3.05) is 37.8 Å². The molecule has 30 heavy (non-hydrogen) atoms. The van der Waals surface area contributed by atoms with Crippen LogP contribution < -0.4 is 10.2 Å². The first-order valence-corrected chi connectivity index (χ1v) is 11.4. The molecule has 0 spiro atoms. The summed E-state index contributed by atoms with van der Waals surface area (Å²) in [5.74, 6) is 0.703. The Morgan fingerprint density at radius 2 is 1.67 bits per heavy atom. The molecular formula is C23H30N3OS2Tc. The molecule has 0 atom stereocenters. The number of hydrogen-bond donors (Lipinski definition) is 1. The maximum absolute atomic E-state index is 8.22. The van der Waals surface area contributed by atoms with E-state index in [1.54, 1.807) is 0 Å². The third-order valence-corrected chi connectivity index (χ3v) is 4.54. The van der Waals surface area contributed by atoms with Crippen molar-refractivity contribution in [3.05, 3.63) is 64.5 Å². The molecule has 1 N–H and O–H groups in total. The van der Waals surface area contributed by atoms with E-state index in [0.717, 1.165) is 43.2 Å². The van der Waals surface area contributed by atoms with Crippen LogP contribution in [0.4, 0.5) is 11.4 Å². The van der Waals surface area contributed by atoms with Gasteiger partial charge >= 0.3 is 22.4 Å². The second-order valence-corrected chi connectivity index (χ2v) is 9.18. The van der Waals surface area contributed by atoms with Crippen LogP contribution in [0.2, 0.25) is 0 Å². The van der Waals surface area contributed by atoms with Crippen molar-refractivity contribution in [3.8, 4) is 0 Å². The molecule has 0 fully saturated rings. The molecule has 0 saturated carbocycles. The minimum atomic E-state index is -0.234. The molecule has 0 aliphatic heterocycles. The number of anilines is 1. The summed E-state index contributed by atoms with van der Waals surface area (Å²) < 4.78 is 7.99. The van der Waals surface area contributed by atoms with Crippen molar-refractivity contribution in [2.24, 2.45) is 0 Å². The van der Waals surface area contributed by atoms with Gasteiger partial charge in [-0.1, -0.05) is 56.3 Å². The van der Waals surface area contributed by atoms with E-state index in [9.17, 15) is 0 Å². The van der Waals surface area contributed by atoms with Crippen LogP contribution in [0.15, 0.2) is 42.5 Å². The van der Waals surface area contributed by atoms with E-state index in [2.05, 4.69) is 64.8 Å². The molecule has 0 bridgehead atoms. The Hall–Kier alpha value is -1.11. The SMILES string of the molecule is CN(C)c1ccc(/C=C/c2ccc([N-]CC(C)(C)[S-])c(CNCC[S-])c2)cc1.[O]=[Tc+3]. The first-order valence-electron chi connectivity index (χ1n) is 9.69. The zero-order valence-electron chi connectivity index (χ0n) is 18.0. The van der Waals surface area contributed by atoms with Crippen LogP contribution in [0.25, 0.3) is 17.5 Å². The minimum absolute atomic E-state index is 0.234. The van der Waals surface area contributed by atoms with Crippen LogP contribution in [0.3, 0.4) is 0 Å². The summed E-state index contributed by atoms with van der Waals surface area (Å²) in [7, 11) is 4.10. The fraction of sp³-hybridized carbons (Fsp3) is 0.391. The molecule has 0 radical (unpaired) electrons. The summed E-state index contributed by atoms with van der Waals surface area (Å²) in [6.45, 7) is 6.26. The summed E-state index contributed by atoms with van der Waals surface area (Å²) in [6, 6.07) is 14.9. The van der Waals surface area contributed by atoms with Crippen LogP contribution in [-0.2, 0) is 54.2 Å². The quantitative estimate of drug-likeness (QED) is 0.275. The fourth-order valence-electron chi connectivity index (χ4n) is 2.65. The van der Waals surface area contributed by atoms with Gasteiger partial charge in [-0.25, -0.2) is 0 Å². The zero-order valence-corrected chi connectivity index (χ0v) is 21.5. The molecule has 0 heterocycles. The van der Waals surface area contributed by atoms with Gasteiger partial charge in [-0.2, -0.15) is 10.5 Å². The summed E-state index contributed by atoms with van der Waals surface area (Å²) in [4.78, 5) is 2.10. The van der Waals surface area contributed by atoms with E-state index in [1.807, 2.05) is 27.9 Å². The third-order valence-electron chi connectivity index (χ3n) is 4.21. The van der Waals surface area contributed by atoms with Gasteiger partial charge in [0.25, 0.3) is 0 Å². The predicted octanol–water partition coefficient (Wildman–Crippen LogP) is 4.77. The Bertz CT molecular complexity index is 790. The van der Waals surface area contributed by atoms with Crippen molar-refractivity contribution in [1.29, 1.82) is 0 Å². The molecule has 0 unspecified atom stereocenters. The second kappa shape index (κ2) is 14.0. The Kier molecular flexibility index (Phi) is 12.6. The van der Waals surface area contributed by atoms with Crippen molar-refractivity contribution in [2.45, 2.75) is 25.1 Å². The van der Waals surface area contributed by atoms with Gasteiger partial charge in [-0.15, -0.1) is 12.2 Å². The molecule has 162 valence electrons. The number of rotatable bonds is 10. The van der Waals surface area contributed by atoms with Crippen molar-refractivity contribution < 1.29 is 22.4 Å². The van der Waals surface area contributed by atoms with Crippen LogP contribution in [0.5, 0.6) is 0 Å². The van der Waals surface area contributed by atoms with E-state index in [1.165, 1.54) is 16.8 Å². The second-order valence-electron chi connectivity index (χ2n) is 7.66. The topological polar surface area (TPSA) is 46.4 Å². The van der Waals surface area contributed by atoms with Crippen LogP contribution in [0.1, 0.15) is 30.5 Å². The molecule has 0 aliphatic rings. The van der Waals surface area contributed by atoms with E-state index < -0.39 is 0 Å². The van der Waals surface area contributed by atoms with Gasteiger partial charge in [0.15, 0.2) is 0 Å². The number of hydrogen-bond acceptors (Lipinski definition) is 5. The number of nitrogens with one attached hydrogen (secondary N) is 1. The van der Waals surface area contributed by atoms with Crippen LogP contribution in [0, 0.1) is 0 Å². The van der Waals surface area contributed by atoms with Crippen LogP contribution in [-0.4, -0.2) is 37.7 Å². The molecule has 0 aliphatic carbocycles. The molecule has 4 nitrogen and oxygen atoms in total.